The van der Waals surface area contributed by atoms with Crippen LogP contribution in [0, 0.1) is 5.92 Å². The average molecular weight is 1060 g/mol. The molecule has 7 rings (SSSR count). The van der Waals surface area contributed by atoms with Gasteiger partial charge in [-0.05, 0) is 113 Å². The van der Waals surface area contributed by atoms with Gasteiger partial charge < -0.3 is 39.4 Å². The Labute approximate surface area is 451 Å². The number of nitrogens with one attached hydrogen (secondary N) is 2. The van der Waals surface area contributed by atoms with Gasteiger partial charge in [0.05, 0.1) is 43.0 Å². The smallest absolute Gasteiger partial charge is 0.247 e. The molecule has 17 heteroatoms. The van der Waals surface area contributed by atoms with Crippen molar-refractivity contribution in [2.75, 3.05) is 41.9 Å². The van der Waals surface area contributed by atoms with Gasteiger partial charge in [0.15, 0.2) is 0 Å². The average Bonchev–Trinajstić information content (AvgIpc) is 3.77. The first-order chi connectivity index (χ1) is 36.0. The third kappa shape index (κ3) is 14.2. The molecule has 7 atom stereocenters. The zero-order valence-electron chi connectivity index (χ0n) is 44.4. The van der Waals surface area contributed by atoms with Gasteiger partial charge in [0.2, 0.25) is 29.5 Å². The van der Waals surface area contributed by atoms with Crippen LogP contribution in [-0.4, -0.2) is 131 Å². The van der Waals surface area contributed by atoms with Crippen LogP contribution in [0.5, 0.6) is 11.5 Å². The molecule has 2 N–H and O–H groups in total. The number of carbonyl (C=O) groups is 5. The van der Waals surface area contributed by atoms with Gasteiger partial charge in [0, 0.05) is 74.4 Å². The Kier molecular flexibility index (Phi) is 19.6. The van der Waals surface area contributed by atoms with E-state index in [1.165, 1.54) is 16.9 Å². The Bertz CT molecular complexity index is 2760. The zero-order valence-corrected chi connectivity index (χ0v) is 45.9. The van der Waals surface area contributed by atoms with Crippen LogP contribution in [0.4, 0.5) is 0 Å². The summed E-state index contributed by atoms with van der Waals surface area (Å²) in [6.07, 6.45) is 6.05. The lowest BCUT2D eigenvalue weighted by Crippen LogP contribution is -2.58. The quantitative estimate of drug-likeness (QED) is 0.111. The maximum atomic E-state index is 15.3. The summed E-state index contributed by atoms with van der Waals surface area (Å²) in [6, 6.07) is 25.9. The van der Waals surface area contributed by atoms with E-state index in [1.54, 1.807) is 56.3 Å². The summed E-state index contributed by atoms with van der Waals surface area (Å²) in [5.41, 5.74) is 4.15. The normalized spacial score (nSPS) is 22.1. The number of imidazole rings is 1. The van der Waals surface area contributed by atoms with E-state index >= 15 is 9.59 Å². The standard InChI is InChI=1S/C58H72Cl2N8O7/c1-9-49(64(3)4)55-61-34-51(66(55)6)40-22-27-46(28-23-40)75-52-32-44(60)26-21-41(52)35-68-37(2)56(71)63-48(36-74-8)58(73)65(5)45(30-39-19-24-43(59)25-20-39)33-53(69)62-47-17-13-14-18-50(47)67(7)57(72)42(31-54(68)70)29-38-15-11-10-12-16-38/h10-12,15-16,19-28,32,34,37,42,45,47-50H,9,13-14,17-18,29-31,33,35-36H2,1-8H3,(H,62,69)(H,63,71)/t37-,42+,45-,47-,48-,49+,50-/m0/s1. The first kappa shape index (κ1) is 56.5. The van der Waals surface area contributed by atoms with E-state index in [4.69, 9.17) is 37.7 Å². The van der Waals surface area contributed by atoms with Gasteiger partial charge in [-0.2, -0.15) is 0 Å². The molecule has 0 radical (unpaired) electrons. The molecule has 0 spiro atoms. The fraction of sp³-hybridized carbons (Fsp3) is 0.448. The van der Waals surface area contributed by atoms with Gasteiger partial charge in [-0.15, -0.1) is 0 Å². The second kappa shape index (κ2) is 26.0. The number of nitrogens with zero attached hydrogens (tertiary/aromatic N) is 6. The van der Waals surface area contributed by atoms with Crippen LogP contribution in [0.2, 0.25) is 10.0 Å². The van der Waals surface area contributed by atoms with Crippen molar-refractivity contribution in [3.05, 3.63) is 136 Å². The minimum atomic E-state index is -1.19. The van der Waals surface area contributed by atoms with Crippen LogP contribution in [0.1, 0.15) is 87.3 Å². The highest BCUT2D eigenvalue weighted by molar-refractivity contribution is 6.31. The molecule has 2 fully saturated rings. The molecule has 0 bridgehead atoms. The van der Waals surface area contributed by atoms with Crippen molar-refractivity contribution >= 4 is 52.7 Å². The highest BCUT2D eigenvalue weighted by Crippen LogP contribution is 2.34. The molecule has 5 aromatic rings. The summed E-state index contributed by atoms with van der Waals surface area (Å²) in [6.45, 7) is 3.43. The molecule has 2 aliphatic rings. The molecule has 15 nitrogen and oxygen atoms in total. The minimum Gasteiger partial charge on any atom is -0.457 e. The Hall–Kier alpha value is -6.26. The number of aromatic nitrogens is 2. The van der Waals surface area contributed by atoms with Gasteiger partial charge >= 0.3 is 0 Å². The first-order valence-corrected chi connectivity index (χ1v) is 26.7. The zero-order chi connectivity index (χ0) is 53.9. The fourth-order valence-corrected chi connectivity index (χ4v) is 10.9. The van der Waals surface area contributed by atoms with Crippen molar-refractivity contribution in [1.82, 2.24) is 39.8 Å². The van der Waals surface area contributed by atoms with Crippen molar-refractivity contribution < 1.29 is 33.4 Å². The van der Waals surface area contributed by atoms with Gasteiger partial charge in [0.1, 0.15) is 29.4 Å². The van der Waals surface area contributed by atoms with E-state index in [0.29, 0.717) is 46.4 Å². The topological polar surface area (TPSA) is 159 Å². The predicted octanol–water partition coefficient (Wildman–Crippen LogP) is 8.66. The lowest BCUT2D eigenvalue weighted by atomic mass is 9.87. The largest absolute Gasteiger partial charge is 0.457 e. The van der Waals surface area contributed by atoms with Crippen LogP contribution in [0.25, 0.3) is 11.3 Å². The monoisotopic (exact) mass is 1060 g/mol. The molecule has 1 aliphatic carbocycles. The van der Waals surface area contributed by atoms with Crippen LogP contribution in [0.3, 0.4) is 0 Å². The van der Waals surface area contributed by atoms with Crippen molar-refractivity contribution in [3.8, 4) is 22.8 Å². The molecule has 1 saturated heterocycles. The number of benzene rings is 4. The molecule has 1 aromatic heterocycles. The number of hydrogen-bond donors (Lipinski definition) is 2. The highest BCUT2D eigenvalue weighted by Gasteiger charge is 2.39. The molecule has 0 unspecified atom stereocenters. The molecule has 400 valence electrons. The van der Waals surface area contributed by atoms with Crippen molar-refractivity contribution in [1.29, 1.82) is 0 Å². The van der Waals surface area contributed by atoms with Crippen LogP contribution in [-0.2, 0) is 55.1 Å². The number of halogens is 2. The molecular formula is C58H72Cl2N8O7. The molecule has 4 aromatic carbocycles. The molecule has 5 amide bonds. The Morgan fingerprint density at radius 2 is 1.47 bits per heavy atom. The Balaban J connectivity index is 1.25. The summed E-state index contributed by atoms with van der Waals surface area (Å²) >= 11 is 12.9. The summed E-state index contributed by atoms with van der Waals surface area (Å²) in [4.78, 5) is 85.5. The Morgan fingerprint density at radius 1 is 0.787 bits per heavy atom. The van der Waals surface area contributed by atoms with Crippen LogP contribution < -0.4 is 15.4 Å². The number of carbonyl (C=O) groups excluding carboxylic acids is 5. The number of likely N-dealkylation sites (N-methyl/N-ethyl adjacent to an activating group) is 2. The number of ether oxygens (including phenoxy) is 2. The summed E-state index contributed by atoms with van der Waals surface area (Å²) < 4.78 is 14.2. The third-order valence-corrected chi connectivity index (χ3v) is 15.4. The number of rotatable bonds is 14. The van der Waals surface area contributed by atoms with E-state index < -0.39 is 41.8 Å². The maximum absolute atomic E-state index is 15.3. The van der Waals surface area contributed by atoms with Gasteiger partial charge in [-0.1, -0.05) is 91.5 Å². The minimum absolute atomic E-state index is 0.0495. The maximum Gasteiger partial charge on any atom is 0.247 e. The van der Waals surface area contributed by atoms with Crippen LogP contribution >= 0.6 is 23.2 Å². The van der Waals surface area contributed by atoms with Crippen molar-refractivity contribution in [3.63, 3.8) is 0 Å². The van der Waals surface area contributed by atoms with E-state index in [2.05, 4.69) is 27.0 Å². The summed E-state index contributed by atoms with van der Waals surface area (Å²) in [7, 11) is 10.9. The number of methoxy groups -OCH3 is 1. The van der Waals surface area contributed by atoms with Gasteiger partial charge in [0.25, 0.3) is 0 Å². The molecular weight excluding hydrogens is 992 g/mol. The predicted molar refractivity (Wildman–Crippen MR) is 292 cm³/mol. The van der Waals surface area contributed by atoms with Gasteiger partial charge in [-0.3, -0.25) is 28.9 Å². The summed E-state index contributed by atoms with van der Waals surface area (Å²) in [5, 5.41) is 7.09. The molecule has 1 saturated carbocycles. The van der Waals surface area contributed by atoms with E-state index in [9.17, 15) is 14.4 Å². The van der Waals surface area contributed by atoms with Gasteiger partial charge in [-0.25, -0.2) is 4.98 Å². The SMILES string of the molecule is CC[C@H](c1ncc(-c2ccc(Oc3cc(Cl)ccc3CN3C(=O)C[C@@H](Cc4ccccc4)C(=O)N(C)[C@H]4CCCC[C@@H]4NC(=O)C[C@H](Cc4ccc(Cl)cc4)N(C)C(=O)[C@H](COC)NC(=O)[C@@H]3C)cc2)n1C)N(C)C. The first-order valence-electron chi connectivity index (χ1n) is 25.9. The number of fused-ring (bicyclic) bond motifs is 1. The number of hydrogen-bond acceptors (Lipinski definition) is 9. The van der Waals surface area contributed by atoms with E-state index in [1.807, 2.05) is 94.1 Å². The van der Waals surface area contributed by atoms with Crippen molar-refractivity contribution in [2.45, 2.75) is 114 Å². The lowest BCUT2D eigenvalue weighted by molar-refractivity contribution is -0.147. The molecule has 1 aliphatic heterocycles. The Morgan fingerprint density at radius 3 is 2.15 bits per heavy atom. The second-order valence-electron chi connectivity index (χ2n) is 20.2. The third-order valence-electron chi connectivity index (χ3n) is 14.9. The molecule has 2 heterocycles. The summed E-state index contributed by atoms with van der Waals surface area (Å²) in [5.74, 6) is -1.10. The molecule has 75 heavy (non-hydrogen) atoms. The van der Waals surface area contributed by atoms with E-state index in [-0.39, 0.29) is 62.4 Å². The van der Waals surface area contributed by atoms with E-state index in [0.717, 1.165) is 47.5 Å². The second-order valence-corrected chi connectivity index (χ2v) is 21.1. The van der Waals surface area contributed by atoms with Crippen LogP contribution in [0.15, 0.2) is 103 Å². The fourth-order valence-electron chi connectivity index (χ4n) is 10.6. The number of amides is 5. The lowest BCUT2D eigenvalue weighted by Gasteiger charge is -2.40. The van der Waals surface area contributed by atoms with Crippen molar-refractivity contribution in [2.24, 2.45) is 13.0 Å². The highest BCUT2D eigenvalue weighted by atomic mass is 35.5.